The molecule has 0 aromatic heterocycles. The van der Waals surface area contributed by atoms with Crippen molar-refractivity contribution < 1.29 is 4.79 Å². The van der Waals surface area contributed by atoms with Gasteiger partial charge in [-0.25, -0.2) is 0 Å². The predicted octanol–water partition coefficient (Wildman–Crippen LogP) is 3.27. The van der Waals surface area contributed by atoms with Crippen LogP contribution in [0.25, 0.3) is 0 Å². The highest BCUT2D eigenvalue weighted by atomic mass is 127. The average molecular weight is 286 g/mol. The molecule has 2 rings (SSSR count). The summed E-state index contributed by atoms with van der Waals surface area (Å²) in [6, 6.07) is 7.83. The molecule has 13 heavy (non-hydrogen) atoms. The largest absolute Gasteiger partial charge is 0.294 e. The molecule has 68 valence electrons. The van der Waals surface area contributed by atoms with Gasteiger partial charge in [0.25, 0.3) is 0 Å². The molecule has 2 heteroatoms. The third-order valence-corrected chi connectivity index (χ3v) is 2.99. The molecular formula is C11H11IO. The molecule has 0 radical (unpaired) electrons. The van der Waals surface area contributed by atoms with Crippen LogP contribution in [0.2, 0.25) is 0 Å². The van der Waals surface area contributed by atoms with Gasteiger partial charge >= 0.3 is 0 Å². The van der Waals surface area contributed by atoms with Crippen LogP contribution in [0.15, 0.2) is 24.3 Å². The molecule has 0 saturated heterocycles. The van der Waals surface area contributed by atoms with E-state index in [9.17, 15) is 4.79 Å². The molecule has 0 unspecified atom stereocenters. The van der Waals surface area contributed by atoms with E-state index < -0.39 is 0 Å². The fourth-order valence-electron chi connectivity index (χ4n) is 1.36. The van der Waals surface area contributed by atoms with Crippen LogP contribution in [0.5, 0.6) is 0 Å². The maximum atomic E-state index is 11.6. The van der Waals surface area contributed by atoms with Crippen LogP contribution >= 0.6 is 22.6 Å². The van der Waals surface area contributed by atoms with Crippen molar-refractivity contribution in [3.05, 3.63) is 33.4 Å². The molecule has 0 aliphatic heterocycles. The van der Waals surface area contributed by atoms with Crippen molar-refractivity contribution in [3.8, 4) is 0 Å². The molecule has 1 aromatic carbocycles. The quantitative estimate of drug-likeness (QED) is 0.615. The fourth-order valence-corrected chi connectivity index (χ4v) is 1.91. The van der Waals surface area contributed by atoms with Gasteiger partial charge in [0.15, 0.2) is 5.78 Å². The van der Waals surface area contributed by atoms with Gasteiger partial charge in [-0.1, -0.05) is 12.1 Å². The third kappa shape index (κ3) is 2.53. The van der Waals surface area contributed by atoms with E-state index in [0.29, 0.717) is 11.7 Å². The minimum atomic E-state index is 0.306. The Hall–Kier alpha value is -0.380. The van der Waals surface area contributed by atoms with Gasteiger partial charge in [0.2, 0.25) is 0 Å². The van der Waals surface area contributed by atoms with Gasteiger partial charge in [-0.05, 0) is 53.5 Å². The molecule has 0 amide bonds. The summed E-state index contributed by atoms with van der Waals surface area (Å²) in [5, 5.41) is 0. The minimum Gasteiger partial charge on any atom is -0.294 e. The van der Waals surface area contributed by atoms with Crippen molar-refractivity contribution in [1.82, 2.24) is 0 Å². The van der Waals surface area contributed by atoms with Gasteiger partial charge in [-0.2, -0.15) is 0 Å². The number of carbonyl (C=O) groups excluding carboxylic acids is 1. The molecule has 1 aliphatic rings. The first kappa shape index (κ1) is 9.19. The molecule has 0 spiro atoms. The number of hydrogen-bond acceptors (Lipinski definition) is 1. The van der Waals surface area contributed by atoms with E-state index in [-0.39, 0.29) is 0 Å². The summed E-state index contributed by atoms with van der Waals surface area (Å²) >= 11 is 2.24. The zero-order valence-corrected chi connectivity index (χ0v) is 9.45. The zero-order chi connectivity index (χ0) is 9.26. The van der Waals surface area contributed by atoms with Crippen LogP contribution in [0.1, 0.15) is 29.6 Å². The highest BCUT2D eigenvalue weighted by molar-refractivity contribution is 14.1. The van der Waals surface area contributed by atoms with E-state index in [0.717, 1.165) is 15.6 Å². The first-order valence-electron chi connectivity index (χ1n) is 4.54. The Kier molecular flexibility index (Phi) is 2.67. The van der Waals surface area contributed by atoms with Crippen molar-refractivity contribution in [3.63, 3.8) is 0 Å². The molecule has 1 aliphatic carbocycles. The lowest BCUT2D eigenvalue weighted by Crippen LogP contribution is -1.99. The molecule has 1 fully saturated rings. The summed E-state index contributed by atoms with van der Waals surface area (Å²) in [6.07, 6.45) is 3.24. The predicted molar refractivity (Wildman–Crippen MR) is 60.8 cm³/mol. The van der Waals surface area contributed by atoms with Gasteiger partial charge < -0.3 is 0 Å². The van der Waals surface area contributed by atoms with E-state index >= 15 is 0 Å². The van der Waals surface area contributed by atoms with Crippen molar-refractivity contribution in [2.24, 2.45) is 5.92 Å². The number of halogens is 1. The van der Waals surface area contributed by atoms with Crippen molar-refractivity contribution in [1.29, 1.82) is 0 Å². The van der Waals surface area contributed by atoms with Crippen molar-refractivity contribution in [2.75, 3.05) is 0 Å². The Morgan fingerprint density at radius 2 is 2.23 bits per heavy atom. The molecule has 1 aromatic rings. The van der Waals surface area contributed by atoms with E-state index in [2.05, 4.69) is 22.6 Å². The average Bonchev–Trinajstić information content (AvgIpc) is 2.88. The van der Waals surface area contributed by atoms with E-state index in [1.165, 1.54) is 12.8 Å². The summed E-state index contributed by atoms with van der Waals surface area (Å²) < 4.78 is 1.14. The van der Waals surface area contributed by atoms with E-state index in [1.807, 2.05) is 24.3 Å². The second kappa shape index (κ2) is 3.78. The van der Waals surface area contributed by atoms with Crippen LogP contribution in [0, 0.1) is 9.49 Å². The Morgan fingerprint density at radius 1 is 1.46 bits per heavy atom. The standard InChI is InChI=1S/C11H11IO/c12-10-3-1-2-9(7-10)11(13)6-8-4-5-8/h1-3,7-8H,4-6H2. The second-order valence-electron chi connectivity index (χ2n) is 3.58. The first-order valence-corrected chi connectivity index (χ1v) is 5.62. The monoisotopic (exact) mass is 286 g/mol. The molecule has 1 saturated carbocycles. The molecule has 0 bridgehead atoms. The number of hydrogen-bond donors (Lipinski definition) is 0. The number of benzene rings is 1. The zero-order valence-electron chi connectivity index (χ0n) is 7.29. The number of carbonyl (C=O) groups is 1. The fraction of sp³-hybridized carbons (Fsp3) is 0.364. The Balaban J connectivity index is 2.09. The van der Waals surface area contributed by atoms with Crippen LogP contribution in [0.3, 0.4) is 0 Å². The van der Waals surface area contributed by atoms with Gasteiger partial charge in [-0.3, -0.25) is 4.79 Å². The Bertz CT molecular complexity index is 329. The minimum absolute atomic E-state index is 0.306. The summed E-state index contributed by atoms with van der Waals surface area (Å²) in [7, 11) is 0. The maximum absolute atomic E-state index is 11.6. The van der Waals surface area contributed by atoms with E-state index in [4.69, 9.17) is 0 Å². The highest BCUT2D eigenvalue weighted by Crippen LogP contribution is 2.33. The molecular weight excluding hydrogens is 275 g/mol. The van der Waals surface area contributed by atoms with Crippen LogP contribution < -0.4 is 0 Å². The Labute approximate surface area is 91.7 Å². The van der Waals surface area contributed by atoms with Crippen LogP contribution in [-0.2, 0) is 0 Å². The van der Waals surface area contributed by atoms with Gasteiger partial charge in [0.1, 0.15) is 0 Å². The molecule has 0 atom stereocenters. The normalized spacial score (nSPS) is 15.8. The lowest BCUT2D eigenvalue weighted by molar-refractivity contribution is 0.0976. The first-order chi connectivity index (χ1) is 6.25. The van der Waals surface area contributed by atoms with Crippen molar-refractivity contribution >= 4 is 28.4 Å². The van der Waals surface area contributed by atoms with Crippen LogP contribution in [0.4, 0.5) is 0 Å². The number of rotatable bonds is 3. The number of Topliss-reactive ketones (excluding diaryl/α,β-unsaturated/α-hetero) is 1. The third-order valence-electron chi connectivity index (χ3n) is 2.32. The number of ketones is 1. The van der Waals surface area contributed by atoms with Gasteiger partial charge in [0.05, 0.1) is 0 Å². The second-order valence-corrected chi connectivity index (χ2v) is 4.83. The molecule has 0 N–H and O–H groups in total. The van der Waals surface area contributed by atoms with Gasteiger partial charge in [-0.15, -0.1) is 0 Å². The molecule has 1 nitrogen and oxygen atoms in total. The topological polar surface area (TPSA) is 17.1 Å². The maximum Gasteiger partial charge on any atom is 0.163 e. The summed E-state index contributed by atoms with van der Waals surface area (Å²) in [5.41, 5.74) is 0.874. The highest BCUT2D eigenvalue weighted by Gasteiger charge is 2.24. The Morgan fingerprint density at radius 3 is 2.85 bits per heavy atom. The molecule has 0 heterocycles. The van der Waals surface area contributed by atoms with Gasteiger partial charge in [0, 0.05) is 15.6 Å². The summed E-state index contributed by atoms with van der Waals surface area (Å²) in [4.78, 5) is 11.6. The van der Waals surface area contributed by atoms with Crippen molar-refractivity contribution in [2.45, 2.75) is 19.3 Å². The lowest BCUT2D eigenvalue weighted by atomic mass is 10.1. The van der Waals surface area contributed by atoms with E-state index in [1.54, 1.807) is 0 Å². The lowest BCUT2D eigenvalue weighted by Gasteiger charge is -1.99. The SMILES string of the molecule is O=C(CC1CC1)c1cccc(I)c1. The van der Waals surface area contributed by atoms with Crippen LogP contribution in [-0.4, -0.2) is 5.78 Å². The summed E-state index contributed by atoms with van der Waals surface area (Å²) in [6.45, 7) is 0. The summed E-state index contributed by atoms with van der Waals surface area (Å²) in [5.74, 6) is 0.992. The smallest absolute Gasteiger partial charge is 0.163 e.